The summed E-state index contributed by atoms with van der Waals surface area (Å²) in [6.07, 6.45) is 3.79. The highest BCUT2D eigenvalue weighted by atomic mass is 32.2. The van der Waals surface area contributed by atoms with Crippen molar-refractivity contribution in [3.63, 3.8) is 0 Å². The number of rotatable bonds is 7. The van der Waals surface area contributed by atoms with Crippen molar-refractivity contribution in [1.29, 1.82) is 0 Å². The molecule has 0 aromatic carbocycles. The lowest BCUT2D eigenvalue weighted by atomic mass is 9.88. The highest BCUT2D eigenvalue weighted by Gasteiger charge is 2.26. The summed E-state index contributed by atoms with van der Waals surface area (Å²) in [5.74, 6) is -0.285. The molecule has 1 fully saturated rings. The predicted molar refractivity (Wildman–Crippen MR) is 89.1 cm³/mol. The molecule has 0 heterocycles. The molecule has 0 bridgehead atoms. The molecule has 0 aliphatic heterocycles. The van der Waals surface area contributed by atoms with E-state index < -0.39 is 21.7 Å². The summed E-state index contributed by atoms with van der Waals surface area (Å²) in [5, 5.41) is 2.70. The Labute approximate surface area is 135 Å². The zero-order valence-corrected chi connectivity index (χ0v) is 15.3. The van der Waals surface area contributed by atoms with Gasteiger partial charge >= 0.3 is 0 Å². The van der Waals surface area contributed by atoms with Crippen molar-refractivity contribution < 1.29 is 13.2 Å². The summed E-state index contributed by atoms with van der Waals surface area (Å²) in [7, 11) is 0.289. The van der Waals surface area contributed by atoms with Gasteiger partial charge in [0.15, 0.2) is 0 Å². The zero-order chi connectivity index (χ0) is 17.0. The van der Waals surface area contributed by atoms with E-state index in [9.17, 15) is 13.2 Å². The van der Waals surface area contributed by atoms with Crippen molar-refractivity contribution in [2.45, 2.75) is 58.0 Å². The number of nitrogens with one attached hydrogen (secondary N) is 2. The lowest BCUT2D eigenvalue weighted by Crippen LogP contribution is -2.50. The Kier molecular flexibility index (Phi) is 6.83. The first-order valence-corrected chi connectivity index (χ1v) is 9.61. The van der Waals surface area contributed by atoms with Crippen LogP contribution in [0.4, 0.5) is 0 Å². The Morgan fingerprint density at radius 2 is 1.73 bits per heavy atom. The second-order valence-corrected chi connectivity index (χ2v) is 9.07. The highest BCUT2D eigenvalue weighted by Crippen LogP contribution is 2.23. The third-order valence-electron chi connectivity index (χ3n) is 4.61. The number of carbonyl (C=O) groups excluding carboxylic acids is 1. The molecule has 0 unspecified atom stereocenters. The molecule has 22 heavy (non-hydrogen) atoms. The summed E-state index contributed by atoms with van der Waals surface area (Å²) in [4.78, 5) is 13.9. The van der Waals surface area contributed by atoms with Gasteiger partial charge in [0.1, 0.15) is 5.75 Å². The normalized spacial score (nSPS) is 23.5. The van der Waals surface area contributed by atoms with Crippen LogP contribution in [0.3, 0.4) is 0 Å². The Bertz CT molecular complexity index is 466. The number of amides is 1. The van der Waals surface area contributed by atoms with Crippen LogP contribution >= 0.6 is 0 Å². The monoisotopic (exact) mass is 333 g/mol. The lowest BCUT2D eigenvalue weighted by molar-refractivity contribution is -0.119. The van der Waals surface area contributed by atoms with Crippen LogP contribution in [-0.2, 0) is 14.8 Å². The fourth-order valence-electron chi connectivity index (χ4n) is 2.37. The molecule has 0 spiro atoms. The molecule has 0 aromatic rings. The lowest BCUT2D eigenvalue weighted by Gasteiger charge is -2.32. The second kappa shape index (κ2) is 7.75. The Hall–Kier alpha value is -0.660. The van der Waals surface area contributed by atoms with Gasteiger partial charge in [0, 0.05) is 18.1 Å². The summed E-state index contributed by atoms with van der Waals surface area (Å²) in [5.41, 5.74) is -0.216. The standard InChI is InChI=1S/C15H31N3O3S/c1-12-6-8-13(9-7-12)17-22(20,21)10-14(19)16-11-15(2,3)18(4)5/h12-13,17H,6-11H2,1-5H3,(H,16,19). The maximum Gasteiger partial charge on any atom is 0.236 e. The highest BCUT2D eigenvalue weighted by molar-refractivity contribution is 7.90. The fourth-order valence-corrected chi connectivity index (χ4v) is 3.64. The predicted octanol–water partition coefficient (Wildman–Crippen LogP) is 0.941. The maximum atomic E-state index is 12.1. The summed E-state index contributed by atoms with van der Waals surface area (Å²) < 4.78 is 26.8. The van der Waals surface area contributed by atoms with Crippen LogP contribution in [0.15, 0.2) is 0 Å². The first kappa shape index (κ1) is 19.4. The van der Waals surface area contributed by atoms with Crippen LogP contribution in [0.2, 0.25) is 0 Å². The van der Waals surface area contributed by atoms with E-state index in [0.717, 1.165) is 25.7 Å². The molecule has 1 saturated carbocycles. The van der Waals surface area contributed by atoms with Crippen LogP contribution in [0.25, 0.3) is 0 Å². The van der Waals surface area contributed by atoms with Crippen molar-refractivity contribution >= 4 is 15.9 Å². The number of sulfonamides is 1. The van der Waals surface area contributed by atoms with Gasteiger partial charge in [0.2, 0.25) is 15.9 Å². The zero-order valence-electron chi connectivity index (χ0n) is 14.5. The van der Waals surface area contributed by atoms with E-state index in [1.807, 2.05) is 32.8 Å². The van der Waals surface area contributed by atoms with Gasteiger partial charge in [0.25, 0.3) is 0 Å². The number of hydrogen-bond donors (Lipinski definition) is 2. The SMILES string of the molecule is CC1CCC(NS(=O)(=O)CC(=O)NCC(C)(C)N(C)C)CC1. The molecular formula is C15H31N3O3S. The quantitative estimate of drug-likeness (QED) is 0.727. The maximum absolute atomic E-state index is 12.1. The molecule has 2 N–H and O–H groups in total. The van der Waals surface area contributed by atoms with Gasteiger partial charge in [-0.1, -0.05) is 6.92 Å². The van der Waals surface area contributed by atoms with E-state index in [0.29, 0.717) is 12.5 Å². The van der Waals surface area contributed by atoms with Gasteiger partial charge in [-0.05, 0) is 59.5 Å². The van der Waals surface area contributed by atoms with Gasteiger partial charge in [-0.3, -0.25) is 4.79 Å². The Morgan fingerprint density at radius 1 is 1.18 bits per heavy atom. The first-order valence-electron chi connectivity index (χ1n) is 7.96. The van der Waals surface area contributed by atoms with Gasteiger partial charge in [-0.15, -0.1) is 0 Å². The molecule has 0 saturated heterocycles. The third-order valence-corrected chi connectivity index (χ3v) is 5.95. The molecule has 1 aliphatic rings. The second-order valence-electron chi connectivity index (χ2n) is 7.32. The van der Waals surface area contributed by atoms with Gasteiger partial charge in [-0.25, -0.2) is 13.1 Å². The molecule has 0 atom stereocenters. The van der Waals surface area contributed by atoms with Crippen LogP contribution < -0.4 is 10.0 Å². The molecule has 0 aromatic heterocycles. The molecule has 1 rings (SSSR count). The van der Waals surface area contributed by atoms with Gasteiger partial charge < -0.3 is 10.2 Å². The minimum atomic E-state index is -3.56. The number of carbonyl (C=O) groups is 1. The van der Waals surface area contributed by atoms with Crippen molar-refractivity contribution in [3.05, 3.63) is 0 Å². The molecular weight excluding hydrogens is 302 g/mol. The summed E-state index contributed by atoms with van der Waals surface area (Å²) in [6, 6.07) is -0.0211. The summed E-state index contributed by atoms with van der Waals surface area (Å²) in [6.45, 7) is 6.58. The van der Waals surface area contributed by atoms with E-state index >= 15 is 0 Å². The average Bonchev–Trinajstić information content (AvgIpc) is 2.38. The number of likely N-dealkylation sites (N-methyl/N-ethyl adjacent to an activating group) is 1. The third kappa shape index (κ3) is 6.62. The Morgan fingerprint density at radius 3 is 2.23 bits per heavy atom. The molecule has 1 aliphatic carbocycles. The number of hydrogen-bond acceptors (Lipinski definition) is 4. The van der Waals surface area contributed by atoms with Gasteiger partial charge in [-0.2, -0.15) is 0 Å². The average molecular weight is 333 g/mol. The molecule has 0 radical (unpaired) electrons. The van der Waals surface area contributed by atoms with Crippen molar-refractivity contribution in [1.82, 2.24) is 14.9 Å². The van der Waals surface area contributed by atoms with E-state index in [4.69, 9.17) is 0 Å². The Balaban J connectivity index is 2.42. The van der Waals surface area contributed by atoms with Crippen LogP contribution in [0.5, 0.6) is 0 Å². The van der Waals surface area contributed by atoms with E-state index in [1.165, 1.54) is 0 Å². The van der Waals surface area contributed by atoms with Crippen LogP contribution in [0, 0.1) is 5.92 Å². The van der Waals surface area contributed by atoms with Crippen molar-refractivity contribution in [3.8, 4) is 0 Å². The van der Waals surface area contributed by atoms with Crippen LogP contribution in [-0.4, -0.2) is 57.2 Å². The largest absolute Gasteiger partial charge is 0.353 e. The van der Waals surface area contributed by atoms with E-state index in [-0.39, 0.29) is 11.6 Å². The number of nitrogens with zero attached hydrogens (tertiary/aromatic N) is 1. The topological polar surface area (TPSA) is 78.5 Å². The minimum absolute atomic E-state index is 0.0211. The van der Waals surface area contributed by atoms with Crippen molar-refractivity contribution in [2.24, 2.45) is 5.92 Å². The molecule has 7 heteroatoms. The molecule has 1 amide bonds. The molecule has 130 valence electrons. The van der Waals surface area contributed by atoms with E-state index in [2.05, 4.69) is 17.0 Å². The fraction of sp³-hybridized carbons (Fsp3) is 0.933. The van der Waals surface area contributed by atoms with Crippen LogP contribution in [0.1, 0.15) is 46.5 Å². The minimum Gasteiger partial charge on any atom is -0.353 e. The first-order chi connectivity index (χ1) is 10.0. The summed E-state index contributed by atoms with van der Waals surface area (Å²) >= 11 is 0. The smallest absolute Gasteiger partial charge is 0.236 e. The molecule has 6 nitrogen and oxygen atoms in total. The van der Waals surface area contributed by atoms with Crippen molar-refractivity contribution in [2.75, 3.05) is 26.4 Å². The van der Waals surface area contributed by atoms with E-state index in [1.54, 1.807) is 0 Å². The van der Waals surface area contributed by atoms with Gasteiger partial charge in [0.05, 0.1) is 0 Å².